The number of hydrogen-bond donors (Lipinski definition) is 1. The van der Waals surface area contributed by atoms with Crippen LogP contribution in [-0.2, 0) is 31.9 Å². The summed E-state index contributed by atoms with van der Waals surface area (Å²) in [5.41, 5.74) is 16.6. The molecular formula is C52H52N3OPt-. The maximum atomic E-state index is 11.3. The van der Waals surface area contributed by atoms with E-state index >= 15 is 0 Å². The van der Waals surface area contributed by atoms with Crippen molar-refractivity contribution in [2.45, 2.75) is 80.1 Å². The minimum absolute atomic E-state index is 0. The van der Waals surface area contributed by atoms with E-state index in [4.69, 9.17) is 9.97 Å². The van der Waals surface area contributed by atoms with E-state index in [1.165, 1.54) is 44.5 Å². The van der Waals surface area contributed by atoms with Gasteiger partial charge in [-0.1, -0.05) is 108 Å². The summed E-state index contributed by atoms with van der Waals surface area (Å²) < 4.78 is 0. The molecule has 7 aromatic rings. The first-order chi connectivity index (χ1) is 26.6. The summed E-state index contributed by atoms with van der Waals surface area (Å²) in [5.74, 6) is 0.953. The number of phenolic OH excluding ortho intramolecular Hbond substituents is 1. The van der Waals surface area contributed by atoms with Gasteiger partial charge in [-0.05, 0) is 142 Å². The fourth-order valence-corrected chi connectivity index (χ4v) is 7.61. The van der Waals surface area contributed by atoms with Crippen LogP contribution in [0.15, 0.2) is 128 Å². The smallest absolute Gasteiger partial charge is 0.136 e. The van der Waals surface area contributed by atoms with Gasteiger partial charge in [0.1, 0.15) is 5.82 Å². The van der Waals surface area contributed by atoms with Crippen molar-refractivity contribution in [2.75, 3.05) is 4.90 Å². The van der Waals surface area contributed by atoms with Crippen molar-refractivity contribution in [2.24, 2.45) is 0 Å². The predicted octanol–water partition coefficient (Wildman–Crippen LogP) is 13.9. The van der Waals surface area contributed by atoms with Crippen molar-refractivity contribution in [3.05, 3.63) is 167 Å². The van der Waals surface area contributed by atoms with Crippen molar-refractivity contribution in [3.63, 3.8) is 0 Å². The van der Waals surface area contributed by atoms with Crippen LogP contribution in [0.4, 0.5) is 17.2 Å². The van der Waals surface area contributed by atoms with Crippen molar-refractivity contribution in [1.29, 1.82) is 0 Å². The van der Waals surface area contributed by atoms with E-state index in [0.29, 0.717) is 0 Å². The quantitative estimate of drug-likeness (QED) is 0.162. The molecular weight excluding hydrogens is 878 g/mol. The molecule has 4 nitrogen and oxygen atoms in total. The molecule has 0 spiro atoms. The van der Waals surface area contributed by atoms with Crippen molar-refractivity contribution in [3.8, 4) is 50.5 Å². The summed E-state index contributed by atoms with van der Waals surface area (Å²) in [6.07, 6.45) is 1.88. The van der Waals surface area contributed by atoms with Gasteiger partial charge in [-0.3, -0.25) is 4.98 Å². The third-order valence-corrected chi connectivity index (χ3v) is 10.7. The fraction of sp³-hybridized carbons (Fsp3) is 0.231. The summed E-state index contributed by atoms with van der Waals surface area (Å²) in [5, 5.41) is 11.3. The molecule has 7 rings (SSSR count). The molecule has 0 saturated carbocycles. The molecule has 0 fully saturated rings. The van der Waals surface area contributed by atoms with Gasteiger partial charge >= 0.3 is 0 Å². The normalized spacial score (nSPS) is 11.6. The van der Waals surface area contributed by atoms with Crippen LogP contribution in [0.5, 0.6) is 5.75 Å². The number of benzene rings is 5. The van der Waals surface area contributed by atoms with Gasteiger partial charge < -0.3 is 10.0 Å². The number of anilines is 3. The Morgan fingerprint density at radius 1 is 0.561 bits per heavy atom. The van der Waals surface area contributed by atoms with Crippen LogP contribution in [-0.4, -0.2) is 15.1 Å². The topological polar surface area (TPSA) is 49.2 Å². The minimum atomic E-state index is -0.0967. The van der Waals surface area contributed by atoms with Gasteiger partial charge in [0.15, 0.2) is 0 Å². The Labute approximate surface area is 354 Å². The summed E-state index contributed by atoms with van der Waals surface area (Å²) in [6, 6.07) is 45.8. The first-order valence-electron chi connectivity index (χ1n) is 19.5. The molecule has 2 aromatic heterocycles. The number of nitrogens with zero attached hydrogens (tertiary/aromatic N) is 3. The third-order valence-electron chi connectivity index (χ3n) is 10.7. The molecule has 57 heavy (non-hydrogen) atoms. The van der Waals surface area contributed by atoms with Gasteiger partial charge in [-0.15, -0.1) is 29.8 Å². The maximum absolute atomic E-state index is 11.3. The Morgan fingerprint density at radius 3 is 1.68 bits per heavy atom. The molecule has 1 N–H and O–H groups in total. The van der Waals surface area contributed by atoms with Gasteiger partial charge in [0.05, 0.1) is 17.1 Å². The van der Waals surface area contributed by atoms with Crippen molar-refractivity contribution in [1.82, 2.24) is 9.97 Å². The molecule has 0 atom stereocenters. The average Bonchev–Trinajstić information content (AvgIpc) is 3.15. The van der Waals surface area contributed by atoms with Crippen molar-refractivity contribution < 1.29 is 26.2 Å². The van der Waals surface area contributed by atoms with Gasteiger partial charge in [0.25, 0.3) is 0 Å². The van der Waals surface area contributed by atoms with E-state index in [-0.39, 0.29) is 37.6 Å². The second kappa shape index (κ2) is 16.3. The first kappa shape index (κ1) is 41.3. The van der Waals surface area contributed by atoms with Crippen molar-refractivity contribution >= 4 is 17.2 Å². The largest absolute Gasteiger partial charge is 0.517 e. The first-order valence-corrected chi connectivity index (χ1v) is 19.5. The zero-order chi connectivity index (χ0) is 39.9. The Balaban J connectivity index is 0.00000549. The Hall–Kier alpha value is -5.31. The third kappa shape index (κ3) is 8.68. The van der Waals surface area contributed by atoms with Crippen LogP contribution in [0, 0.1) is 33.8 Å². The van der Waals surface area contributed by atoms with E-state index in [9.17, 15) is 5.11 Å². The molecule has 0 saturated heterocycles. The standard InChI is InChI=1S/C52H52N3O.Pt/c1-33-15-11-16-34(2)49(33)38-23-24-47(56)44(28-38)37-19-13-20-42(27-37)55(43-31-40(51(5,6)7)30-41(32-43)52(8,9)10)48-22-14-21-45(54-48)46-29-39(25-26-53-46)50-35(3)17-12-18-36(50)4;/h11-26,28-32,56H,1-10H3;/q-1;. The van der Waals surface area contributed by atoms with Crippen LogP contribution in [0.3, 0.4) is 0 Å². The number of pyridine rings is 2. The molecule has 0 unspecified atom stereocenters. The van der Waals surface area contributed by atoms with E-state index in [2.05, 4.69) is 171 Å². The van der Waals surface area contributed by atoms with E-state index < -0.39 is 0 Å². The SMILES string of the molecule is Cc1cccc(C)c1-c1ccnc(-c2cccc(N(c3[c-]c(-c4cc(-c5c(C)cccc5C)ccc4O)ccc3)c3cc(C(C)(C)C)cc(C(C)(C)C)c3)n2)c1.[Pt]. The van der Waals surface area contributed by atoms with E-state index in [1.807, 2.05) is 30.5 Å². The number of hydrogen-bond acceptors (Lipinski definition) is 4. The monoisotopic (exact) mass is 929 g/mol. The minimum Gasteiger partial charge on any atom is -0.517 e. The fourth-order valence-electron chi connectivity index (χ4n) is 7.61. The Bertz CT molecular complexity index is 2500. The summed E-state index contributed by atoms with van der Waals surface area (Å²) >= 11 is 0. The summed E-state index contributed by atoms with van der Waals surface area (Å²) in [7, 11) is 0. The maximum Gasteiger partial charge on any atom is 0.136 e. The molecule has 0 bridgehead atoms. The Morgan fingerprint density at radius 2 is 1.11 bits per heavy atom. The van der Waals surface area contributed by atoms with Crippen LogP contribution in [0.1, 0.15) is 74.9 Å². The number of aromatic nitrogens is 2. The molecule has 0 amide bonds. The number of rotatable bonds is 7. The second-order valence-corrected chi connectivity index (χ2v) is 17.1. The molecule has 5 aromatic carbocycles. The van der Waals surface area contributed by atoms with E-state index in [0.717, 1.165) is 50.8 Å². The van der Waals surface area contributed by atoms with Gasteiger partial charge in [0.2, 0.25) is 0 Å². The van der Waals surface area contributed by atoms with Crippen LogP contribution >= 0.6 is 0 Å². The number of phenols is 1. The van der Waals surface area contributed by atoms with E-state index in [1.54, 1.807) is 6.07 Å². The number of aromatic hydroxyl groups is 1. The average molecular weight is 930 g/mol. The molecule has 0 aliphatic carbocycles. The van der Waals surface area contributed by atoms with Gasteiger partial charge in [0, 0.05) is 32.9 Å². The summed E-state index contributed by atoms with van der Waals surface area (Å²) in [6.45, 7) is 22.1. The molecule has 5 heteroatoms. The number of aryl methyl sites for hydroxylation is 4. The van der Waals surface area contributed by atoms with Crippen LogP contribution in [0.2, 0.25) is 0 Å². The van der Waals surface area contributed by atoms with Crippen LogP contribution < -0.4 is 4.90 Å². The van der Waals surface area contributed by atoms with Gasteiger partial charge in [-0.25, -0.2) is 4.98 Å². The van der Waals surface area contributed by atoms with Gasteiger partial charge in [-0.2, -0.15) is 0 Å². The molecule has 0 aliphatic rings. The summed E-state index contributed by atoms with van der Waals surface area (Å²) in [4.78, 5) is 12.4. The zero-order valence-corrected chi connectivity index (χ0v) is 37.0. The molecule has 292 valence electrons. The van der Waals surface area contributed by atoms with Crippen LogP contribution in [0.25, 0.3) is 44.8 Å². The Kier molecular flexibility index (Phi) is 11.8. The second-order valence-electron chi connectivity index (χ2n) is 17.1. The molecule has 2 heterocycles. The zero-order valence-electron chi connectivity index (χ0n) is 34.7. The molecule has 0 aliphatic heterocycles. The molecule has 0 radical (unpaired) electrons. The predicted molar refractivity (Wildman–Crippen MR) is 235 cm³/mol.